The van der Waals surface area contributed by atoms with Crippen LogP contribution in [0.15, 0.2) is 0 Å². The molecule has 0 bridgehead atoms. The highest BCUT2D eigenvalue weighted by Gasteiger charge is 2.45. The van der Waals surface area contributed by atoms with E-state index in [4.69, 9.17) is 4.74 Å². The molecule has 0 aromatic carbocycles. The molecule has 2 unspecified atom stereocenters. The molecule has 2 atom stereocenters. The molecular formula is C13H25NO4S. The van der Waals surface area contributed by atoms with Gasteiger partial charge in [-0.3, -0.25) is 0 Å². The number of sulfonamides is 1. The Bertz CT molecular complexity index is 407. The van der Waals surface area contributed by atoms with Crippen molar-refractivity contribution in [2.24, 2.45) is 11.8 Å². The second-order valence-electron chi connectivity index (χ2n) is 6.14. The Morgan fingerprint density at radius 2 is 2.05 bits per heavy atom. The fourth-order valence-corrected chi connectivity index (χ4v) is 4.15. The molecule has 19 heavy (non-hydrogen) atoms. The molecule has 1 heterocycles. The Labute approximate surface area is 116 Å². The maximum absolute atomic E-state index is 11.6. The quantitative estimate of drug-likeness (QED) is 0.787. The van der Waals surface area contributed by atoms with Crippen molar-refractivity contribution in [2.75, 3.05) is 33.1 Å². The monoisotopic (exact) mass is 291 g/mol. The zero-order valence-corrected chi connectivity index (χ0v) is 12.7. The predicted octanol–water partition coefficient (Wildman–Crippen LogP) is 0.836. The van der Waals surface area contributed by atoms with Crippen LogP contribution in [0.5, 0.6) is 0 Å². The summed E-state index contributed by atoms with van der Waals surface area (Å²) in [5.74, 6) is 0.574. The van der Waals surface area contributed by atoms with Gasteiger partial charge in [-0.1, -0.05) is 0 Å². The Hall–Kier alpha value is -0.170. The lowest BCUT2D eigenvalue weighted by molar-refractivity contribution is -0.0675. The molecule has 1 N–H and O–H groups in total. The number of rotatable bonds is 6. The van der Waals surface area contributed by atoms with E-state index in [0.29, 0.717) is 32.0 Å². The first-order valence-electron chi connectivity index (χ1n) is 7.01. The van der Waals surface area contributed by atoms with Crippen molar-refractivity contribution in [3.63, 3.8) is 0 Å². The van der Waals surface area contributed by atoms with Crippen molar-refractivity contribution in [1.29, 1.82) is 0 Å². The van der Waals surface area contributed by atoms with Crippen molar-refractivity contribution in [1.82, 2.24) is 4.31 Å². The number of piperidine rings is 1. The van der Waals surface area contributed by atoms with E-state index in [-0.39, 0.29) is 5.92 Å². The Kier molecular flexibility index (Phi) is 4.55. The van der Waals surface area contributed by atoms with Gasteiger partial charge in [0.2, 0.25) is 10.0 Å². The van der Waals surface area contributed by atoms with Crippen LogP contribution in [-0.2, 0) is 14.8 Å². The third-order valence-corrected chi connectivity index (χ3v) is 5.59. The highest BCUT2D eigenvalue weighted by molar-refractivity contribution is 7.88. The molecule has 1 saturated carbocycles. The van der Waals surface area contributed by atoms with Gasteiger partial charge < -0.3 is 9.84 Å². The van der Waals surface area contributed by atoms with Gasteiger partial charge in [-0.15, -0.1) is 0 Å². The average molecular weight is 291 g/mol. The topological polar surface area (TPSA) is 66.8 Å². The second-order valence-corrected chi connectivity index (χ2v) is 8.13. The van der Waals surface area contributed by atoms with Gasteiger partial charge in [-0.25, -0.2) is 12.7 Å². The normalized spacial score (nSPS) is 29.1. The van der Waals surface area contributed by atoms with Gasteiger partial charge in [0.1, 0.15) is 0 Å². The third-order valence-electron chi connectivity index (χ3n) is 4.32. The van der Waals surface area contributed by atoms with E-state index in [9.17, 15) is 13.5 Å². The molecule has 112 valence electrons. The van der Waals surface area contributed by atoms with Crippen LogP contribution in [0.4, 0.5) is 0 Å². The van der Waals surface area contributed by atoms with Gasteiger partial charge in [-0.05, 0) is 43.9 Å². The molecule has 1 aliphatic heterocycles. The fraction of sp³-hybridized carbons (Fsp3) is 1.00. The lowest BCUT2D eigenvalue weighted by Gasteiger charge is -2.36. The summed E-state index contributed by atoms with van der Waals surface area (Å²) in [5.41, 5.74) is -0.764. The summed E-state index contributed by atoms with van der Waals surface area (Å²) in [5, 5.41) is 10.7. The van der Waals surface area contributed by atoms with Gasteiger partial charge in [0, 0.05) is 20.2 Å². The van der Waals surface area contributed by atoms with Gasteiger partial charge in [0.25, 0.3) is 0 Å². The molecule has 0 aromatic rings. The van der Waals surface area contributed by atoms with E-state index in [0.717, 1.165) is 25.7 Å². The Morgan fingerprint density at radius 3 is 2.58 bits per heavy atom. The van der Waals surface area contributed by atoms with Gasteiger partial charge >= 0.3 is 0 Å². The standard InChI is InChI=1S/C13H25NO4S/c1-18-10-13(15,12-5-6-12)8-11-4-3-7-14(9-11)19(2,16)17/h11-12,15H,3-10H2,1-2H3. The molecule has 1 aliphatic carbocycles. The highest BCUT2D eigenvalue weighted by Crippen LogP contribution is 2.44. The van der Waals surface area contributed by atoms with Gasteiger partial charge in [0.05, 0.1) is 18.5 Å². The van der Waals surface area contributed by atoms with E-state index in [1.54, 1.807) is 11.4 Å². The summed E-state index contributed by atoms with van der Waals surface area (Å²) < 4.78 is 29.9. The molecule has 0 amide bonds. The van der Waals surface area contributed by atoms with Crippen LogP contribution >= 0.6 is 0 Å². The summed E-state index contributed by atoms with van der Waals surface area (Å²) >= 11 is 0. The lowest BCUT2D eigenvalue weighted by atomic mass is 9.83. The average Bonchev–Trinajstić information content (AvgIpc) is 3.12. The lowest BCUT2D eigenvalue weighted by Crippen LogP contribution is -2.45. The SMILES string of the molecule is COCC(O)(CC1CCCN(S(C)(=O)=O)C1)C1CC1. The number of ether oxygens (including phenoxy) is 1. The van der Waals surface area contributed by atoms with E-state index >= 15 is 0 Å². The first-order chi connectivity index (χ1) is 8.85. The van der Waals surface area contributed by atoms with Crippen LogP contribution in [0.25, 0.3) is 0 Å². The minimum Gasteiger partial charge on any atom is -0.387 e. The molecule has 2 aliphatic rings. The smallest absolute Gasteiger partial charge is 0.211 e. The summed E-state index contributed by atoms with van der Waals surface area (Å²) in [6, 6.07) is 0. The Balaban J connectivity index is 1.97. The van der Waals surface area contributed by atoms with Crippen LogP contribution in [0.2, 0.25) is 0 Å². The van der Waals surface area contributed by atoms with Gasteiger partial charge in [0.15, 0.2) is 0 Å². The second kappa shape index (κ2) is 5.68. The van der Waals surface area contributed by atoms with Gasteiger partial charge in [-0.2, -0.15) is 0 Å². The Morgan fingerprint density at radius 1 is 1.37 bits per heavy atom. The summed E-state index contributed by atoms with van der Waals surface area (Å²) in [7, 11) is -1.50. The molecule has 2 fully saturated rings. The molecule has 6 heteroatoms. The fourth-order valence-electron chi connectivity index (χ4n) is 3.21. The summed E-state index contributed by atoms with van der Waals surface area (Å²) in [6.45, 7) is 1.51. The molecule has 0 spiro atoms. The van der Waals surface area contributed by atoms with Crippen LogP contribution in [0.3, 0.4) is 0 Å². The zero-order chi connectivity index (χ0) is 14.1. The largest absolute Gasteiger partial charge is 0.387 e. The molecular weight excluding hydrogens is 266 g/mol. The molecule has 1 saturated heterocycles. The van der Waals surface area contributed by atoms with Crippen LogP contribution in [-0.4, -0.2) is 56.5 Å². The van der Waals surface area contributed by atoms with Crippen LogP contribution in [0, 0.1) is 11.8 Å². The minimum atomic E-state index is -3.11. The van der Waals surface area contributed by atoms with Crippen molar-refractivity contribution in [2.45, 2.75) is 37.7 Å². The number of hydrogen-bond donors (Lipinski definition) is 1. The molecule has 5 nitrogen and oxygen atoms in total. The van der Waals surface area contributed by atoms with E-state index in [2.05, 4.69) is 0 Å². The minimum absolute atomic E-state index is 0.240. The summed E-state index contributed by atoms with van der Waals surface area (Å²) in [4.78, 5) is 0. The van der Waals surface area contributed by atoms with Crippen LogP contribution in [0.1, 0.15) is 32.1 Å². The first kappa shape index (κ1) is 15.2. The van der Waals surface area contributed by atoms with Crippen molar-refractivity contribution < 1.29 is 18.3 Å². The highest BCUT2D eigenvalue weighted by atomic mass is 32.2. The molecule has 0 aromatic heterocycles. The van der Waals surface area contributed by atoms with Crippen molar-refractivity contribution >= 4 is 10.0 Å². The number of methoxy groups -OCH3 is 1. The number of nitrogens with zero attached hydrogens (tertiary/aromatic N) is 1. The molecule has 0 radical (unpaired) electrons. The summed E-state index contributed by atoms with van der Waals surface area (Å²) in [6.07, 6.45) is 5.90. The maximum Gasteiger partial charge on any atom is 0.211 e. The zero-order valence-electron chi connectivity index (χ0n) is 11.8. The van der Waals surface area contributed by atoms with E-state index in [1.807, 2.05) is 0 Å². The van der Waals surface area contributed by atoms with E-state index < -0.39 is 15.6 Å². The molecule has 2 rings (SSSR count). The van der Waals surface area contributed by atoms with E-state index in [1.165, 1.54) is 6.26 Å². The maximum atomic E-state index is 11.6. The third kappa shape index (κ3) is 3.90. The number of aliphatic hydroxyl groups is 1. The van der Waals surface area contributed by atoms with Crippen molar-refractivity contribution in [3.05, 3.63) is 0 Å². The predicted molar refractivity (Wildman–Crippen MR) is 73.3 cm³/mol. The first-order valence-corrected chi connectivity index (χ1v) is 8.86. The van der Waals surface area contributed by atoms with Crippen molar-refractivity contribution in [3.8, 4) is 0 Å². The van der Waals surface area contributed by atoms with Crippen LogP contribution < -0.4 is 0 Å². The number of hydrogen-bond acceptors (Lipinski definition) is 4.